The number of unbranched alkanes of at least 4 members (excludes halogenated alkanes) is 1. The molecule has 0 atom stereocenters. The van der Waals surface area contributed by atoms with E-state index < -0.39 is 0 Å². The number of amides is 4. The van der Waals surface area contributed by atoms with E-state index in [0.29, 0.717) is 28.8 Å². The molecule has 7 heteroatoms. The fourth-order valence-corrected chi connectivity index (χ4v) is 3.32. The zero-order valence-corrected chi connectivity index (χ0v) is 18.0. The standard InChI is InChI=1S/C12H12BrNO2.C8H5NO2.C2H6/c13-7-3-4-8-14-11(15)9-5-1-2-6-10(9)12(14)16;10-7-5-3-1-2-4-6(5)8(11)9-7;1-2/h1-2,5-6H,3-4,7-8H2;1-4H,(H,9,10,11);1-2H3. The number of carbonyl (C=O) groups excluding carboxylic acids is 4. The predicted molar refractivity (Wildman–Crippen MR) is 114 cm³/mol. The van der Waals surface area contributed by atoms with E-state index in [9.17, 15) is 19.2 Å². The summed E-state index contributed by atoms with van der Waals surface area (Å²) >= 11 is 3.33. The van der Waals surface area contributed by atoms with Crippen molar-refractivity contribution in [3.05, 3.63) is 70.8 Å². The van der Waals surface area contributed by atoms with Crippen molar-refractivity contribution >= 4 is 39.6 Å². The van der Waals surface area contributed by atoms with Crippen molar-refractivity contribution in [1.29, 1.82) is 0 Å². The Hall–Kier alpha value is -2.80. The number of hydrogen-bond acceptors (Lipinski definition) is 4. The molecule has 0 saturated carbocycles. The molecule has 2 aliphatic heterocycles. The Morgan fingerprint density at radius 3 is 1.55 bits per heavy atom. The molecule has 0 aromatic heterocycles. The number of hydrogen-bond donors (Lipinski definition) is 1. The van der Waals surface area contributed by atoms with E-state index in [4.69, 9.17) is 0 Å². The van der Waals surface area contributed by atoms with Crippen LogP contribution < -0.4 is 5.32 Å². The molecule has 0 fully saturated rings. The monoisotopic (exact) mass is 458 g/mol. The van der Waals surface area contributed by atoms with Crippen LogP contribution in [0.15, 0.2) is 48.5 Å². The van der Waals surface area contributed by atoms with E-state index in [1.54, 1.807) is 48.5 Å². The van der Waals surface area contributed by atoms with Crippen molar-refractivity contribution in [2.75, 3.05) is 11.9 Å². The lowest BCUT2D eigenvalue weighted by Crippen LogP contribution is -2.30. The minimum Gasteiger partial charge on any atom is -0.288 e. The van der Waals surface area contributed by atoms with Crippen molar-refractivity contribution in [3.63, 3.8) is 0 Å². The Labute approximate surface area is 178 Å². The second kappa shape index (κ2) is 10.7. The summed E-state index contributed by atoms with van der Waals surface area (Å²) in [6.07, 6.45) is 1.81. The molecule has 2 aromatic rings. The number of fused-ring (bicyclic) bond motifs is 2. The van der Waals surface area contributed by atoms with Crippen LogP contribution >= 0.6 is 15.9 Å². The van der Waals surface area contributed by atoms with Crippen LogP contribution in [0.25, 0.3) is 0 Å². The van der Waals surface area contributed by atoms with Crippen LogP contribution in [0.2, 0.25) is 0 Å². The van der Waals surface area contributed by atoms with Crippen LogP contribution in [0.3, 0.4) is 0 Å². The highest BCUT2D eigenvalue weighted by molar-refractivity contribution is 9.09. The van der Waals surface area contributed by atoms with E-state index in [1.165, 1.54) is 4.90 Å². The molecule has 0 spiro atoms. The molecule has 0 saturated heterocycles. The normalized spacial score (nSPS) is 13.7. The smallest absolute Gasteiger partial charge is 0.261 e. The molecule has 1 N–H and O–H groups in total. The van der Waals surface area contributed by atoms with Crippen molar-refractivity contribution in [1.82, 2.24) is 10.2 Å². The van der Waals surface area contributed by atoms with Crippen molar-refractivity contribution in [3.8, 4) is 0 Å². The maximum atomic E-state index is 11.9. The van der Waals surface area contributed by atoms with E-state index in [1.807, 2.05) is 13.8 Å². The fraction of sp³-hybridized carbons (Fsp3) is 0.273. The zero-order chi connectivity index (χ0) is 21.4. The summed E-state index contributed by atoms with van der Waals surface area (Å²) in [5.74, 6) is -0.915. The molecule has 4 amide bonds. The molecule has 6 nitrogen and oxygen atoms in total. The highest BCUT2D eigenvalue weighted by Gasteiger charge is 2.34. The van der Waals surface area contributed by atoms with Gasteiger partial charge in [0.2, 0.25) is 0 Å². The summed E-state index contributed by atoms with van der Waals surface area (Å²) in [6.45, 7) is 4.51. The minimum absolute atomic E-state index is 0.157. The molecular formula is C22H23BrN2O4. The number of halogens is 1. The Kier molecular flexibility index (Phi) is 8.27. The van der Waals surface area contributed by atoms with Crippen molar-refractivity contribution < 1.29 is 19.2 Å². The maximum absolute atomic E-state index is 11.9. The number of nitrogens with zero attached hydrogens (tertiary/aromatic N) is 1. The topological polar surface area (TPSA) is 83.5 Å². The van der Waals surface area contributed by atoms with Crippen LogP contribution in [-0.4, -0.2) is 40.4 Å². The average Bonchev–Trinajstić information content (AvgIpc) is 3.19. The Morgan fingerprint density at radius 1 is 0.724 bits per heavy atom. The molecule has 0 radical (unpaired) electrons. The van der Waals surface area contributed by atoms with Crippen molar-refractivity contribution in [2.45, 2.75) is 26.7 Å². The van der Waals surface area contributed by atoms with Crippen LogP contribution in [0.1, 0.15) is 68.1 Å². The van der Waals surface area contributed by atoms with E-state index in [2.05, 4.69) is 21.2 Å². The number of imide groups is 2. The van der Waals surface area contributed by atoms with Gasteiger partial charge in [-0.1, -0.05) is 54.0 Å². The third kappa shape index (κ3) is 4.98. The SMILES string of the molecule is CC.O=C1NC(=O)c2ccccc21.O=C1c2ccccc2C(=O)N1CCCCBr. The van der Waals surface area contributed by atoms with E-state index >= 15 is 0 Å². The molecule has 0 bridgehead atoms. The summed E-state index contributed by atoms with van der Waals surface area (Å²) in [4.78, 5) is 47.0. The molecule has 4 rings (SSSR count). The van der Waals surface area contributed by atoms with Gasteiger partial charge < -0.3 is 0 Å². The molecule has 2 heterocycles. The number of alkyl halides is 1. The van der Waals surface area contributed by atoms with Gasteiger partial charge in [-0.05, 0) is 37.1 Å². The molecule has 29 heavy (non-hydrogen) atoms. The van der Waals surface area contributed by atoms with Gasteiger partial charge in [0.25, 0.3) is 23.6 Å². The van der Waals surface area contributed by atoms with Gasteiger partial charge in [0.15, 0.2) is 0 Å². The maximum Gasteiger partial charge on any atom is 0.261 e. The second-order valence-electron chi connectivity index (χ2n) is 6.03. The number of rotatable bonds is 4. The third-order valence-corrected chi connectivity index (χ3v) is 4.85. The average molecular weight is 459 g/mol. The van der Waals surface area contributed by atoms with Crippen LogP contribution in [0.4, 0.5) is 0 Å². The molecule has 2 aromatic carbocycles. The molecule has 2 aliphatic rings. The minimum atomic E-state index is -0.300. The molecular weight excluding hydrogens is 436 g/mol. The van der Waals surface area contributed by atoms with Crippen LogP contribution in [0, 0.1) is 0 Å². The number of benzene rings is 2. The van der Waals surface area contributed by atoms with Gasteiger partial charge in [-0.2, -0.15) is 0 Å². The first kappa shape index (κ1) is 22.5. The van der Waals surface area contributed by atoms with E-state index in [0.717, 1.165) is 18.2 Å². The van der Waals surface area contributed by atoms with E-state index in [-0.39, 0.29) is 23.6 Å². The summed E-state index contributed by atoms with van der Waals surface area (Å²) in [6, 6.07) is 13.7. The second-order valence-corrected chi connectivity index (χ2v) is 6.83. The first-order valence-electron chi connectivity index (χ1n) is 9.50. The Balaban J connectivity index is 0.000000201. The summed E-state index contributed by atoms with van der Waals surface area (Å²) < 4.78 is 0. The summed E-state index contributed by atoms with van der Waals surface area (Å²) in [5, 5.41) is 3.10. The Morgan fingerprint density at radius 2 is 1.14 bits per heavy atom. The van der Waals surface area contributed by atoms with Gasteiger partial charge in [0.05, 0.1) is 22.3 Å². The number of nitrogens with one attached hydrogen (secondary N) is 1. The predicted octanol–water partition coefficient (Wildman–Crippen LogP) is 4.05. The van der Waals surface area contributed by atoms with Crippen LogP contribution in [-0.2, 0) is 0 Å². The molecule has 0 unspecified atom stereocenters. The van der Waals surface area contributed by atoms with Gasteiger partial charge in [-0.15, -0.1) is 0 Å². The van der Waals surface area contributed by atoms with Gasteiger partial charge in [-0.3, -0.25) is 29.4 Å². The van der Waals surface area contributed by atoms with Gasteiger partial charge in [0, 0.05) is 11.9 Å². The molecule has 152 valence electrons. The Bertz CT molecular complexity index is 859. The third-order valence-electron chi connectivity index (χ3n) is 4.29. The summed E-state index contributed by atoms with van der Waals surface area (Å²) in [5.41, 5.74) is 2.01. The van der Waals surface area contributed by atoms with Gasteiger partial charge >= 0.3 is 0 Å². The lowest BCUT2D eigenvalue weighted by atomic mass is 10.1. The highest BCUT2D eigenvalue weighted by Crippen LogP contribution is 2.22. The van der Waals surface area contributed by atoms with Crippen molar-refractivity contribution in [2.24, 2.45) is 0 Å². The lowest BCUT2D eigenvalue weighted by molar-refractivity contribution is 0.0651. The van der Waals surface area contributed by atoms with Crippen LogP contribution in [0.5, 0.6) is 0 Å². The first-order chi connectivity index (χ1) is 14.0. The largest absolute Gasteiger partial charge is 0.288 e. The zero-order valence-electron chi connectivity index (χ0n) is 16.4. The summed E-state index contributed by atoms with van der Waals surface area (Å²) in [7, 11) is 0. The van der Waals surface area contributed by atoms with Gasteiger partial charge in [0.1, 0.15) is 0 Å². The van der Waals surface area contributed by atoms with Gasteiger partial charge in [-0.25, -0.2) is 0 Å². The fourth-order valence-electron chi connectivity index (χ4n) is 2.92. The quantitative estimate of drug-likeness (QED) is 0.425. The lowest BCUT2D eigenvalue weighted by Gasteiger charge is -2.12. The first-order valence-corrected chi connectivity index (χ1v) is 10.6. The number of carbonyl (C=O) groups is 4. The highest BCUT2D eigenvalue weighted by atomic mass is 79.9. The molecule has 0 aliphatic carbocycles.